The van der Waals surface area contributed by atoms with Crippen molar-refractivity contribution in [3.8, 4) is 12.1 Å². The number of anilines is 3. The number of nitrogens with zero attached hydrogens (tertiary/aromatic N) is 9. The number of hydrogen-bond donors (Lipinski definition) is 0. The number of carbonyl (C=O) groups is 2. The molecule has 0 radical (unpaired) electrons. The number of amides is 2. The number of rotatable bonds is 7. The summed E-state index contributed by atoms with van der Waals surface area (Å²) in [4.78, 5) is 49.3. The Labute approximate surface area is 263 Å². The summed E-state index contributed by atoms with van der Waals surface area (Å²) in [5, 5.41) is 9.53. The second kappa shape index (κ2) is 13.0. The van der Waals surface area contributed by atoms with Gasteiger partial charge < -0.3 is 29.2 Å². The van der Waals surface area contributed by atoms with Crippen LogP contribution in [0.1, 0.15) is 42.5 Å². The highest BCUT2D eigenvalue weighted by atomic mass is 19.1. The van der Waals surface area contributed by atoms with E-state index in [1.165, 1.54) is 4.90 Å². The van der Waals surface area contributed by atoms with Crippen molar-refractivity contribution in [2.75, 3.05) is 74.7 Å². The Balaban J connectivity index is 1.31. The molecule has 6 rings (SSSR count). The maximum absolute atomic E-state index is 13.9. The van der Waals surface area contributed by atoms with Gasteiger partial charge in [-0.25, -0.2) is 4.39 Å². The summed E-state index contributed by atoms with van der Waals surface area (Å²) in [7, 11) is 3.93. The van der Waals surface area contributed by atoms with Crippen LogP contribution in [0.25, 0.3) is 0 Å². The number of aryl methyl sites for hydroxylation is 1. The highest BCUT2D eigenvalue weighted by molar-refractivity contribution is 5.99. The number of pyridine rings is 1. The van der Waals surface area contributed by atoms with Crippen molar-refractivity contribution in [2.24, 2.45) is 0 Å². The van der Waals surface area contributed by atoms with Gasteiger partial charge in [0.2, 0.25) is 5.91 Å². The van der Waals surface area contributed by atoms with Crippen LogP contribution in [0.5, 0.6) is 6.01 Å². The average Bonchev–Trinajstić information content (AvgIpc) is 3.33. The predicted molar refractivity (Wildman–Crippen MR) is 167 cm³/mol. The van der Waals surface area contributed by atoms with Crippen LogP contribution in [-0.4, -0.2) is 109 Å². The molecule has 0 spiro atoms. The number of halogens is 1. The molecule has 0 unspecified atom stereocenters. The third-order valence-electron chi connectivity index (χ3n) is 9.61. The zero-order chi connectivity index (χ0) is 31.7. The molecule has 2 amide bonds. The largest absolute Gasteiger partial charge is 0.462 e. The molecule has 4 aliphatic rings. The molecule has 0 aromatic carbocycles. The van der Waals surface area contributed by atoms with Crippen LogP contribution < -0.4 is 19.4 Å². The smallest absolute Gasteiger partial charge is 0.318 e. The topological polar surface area (TPSA) is 122 Å². The minimum absolute atomic E-state index is 0.0618. The number of likely N-dealkylation sites (tertiary alicyclic amines) is 1. The molecule has 0 saturated carbocycles. The molecule has 2 saturated heterocycles. The second-order valence-electron chi connectivity index (χ2n) is 12.3. The summed E-state index contributed by atoms with van der Waals surface area (Å²) in [5.41, 5.74) is 4.80. The van der Waals surface area contributed by atoms with Crippen molar-refractivity contribution in [2.45, 2.75) is 57.0 Å². The van der Waals surface area contributed by atoms with E-state index in [0.717, 1.165) is 53.4 Å². The lowest BCUT2D eigenvalue weighted by Crippen LogP contribution is -2.55. The lowest BCUT2D eigenvalue weighted by Gasteiger charge is -2.41. The summed E-state index contributed by atoms with van der Waals surface area (Å²) >= 11 is 0. The molecule has 0 N–H and O–H groups in total. The zero-order valence-electron chi connectivity index (χ0n) is 26.0. The number of fused-ring (bicyclic) bond motifs is 2. The Morgan fingerprint density at radius 2 is 1.89 bits per heavy atom. The standard InChI is InChI=1S/C32H40FN9O3/c1-21(33)31(44)42-16-15-41(19-23(42)8-11-34)30-25-9-13-40(27-18-35-17-22-6-7-28(43)39(3)29(22)27)14-10-26(25)36-32(37-30)45-20-24-5-4-12-38(24)2/h17-18,23-24H,1,4-10,12-16,19-20H2,2-3H3/t23-,24-/m0/s1. The Kier molecular flexibility index (Phi) is 8.85. The van der Waals surface area contributed by atoms with E-state index in [1.54, 1.807) is 4.90 Å². The number of aromatic nitrogens is 3. The number of likely N-dealkylation sites (N-methyl/N-ethyl adjacent to an activating group) is 1. The van der Waals surface area contributed by atoms with E-state index in [4.69, 9.17) is 14.7 Å². The molecule has 0 aliphatic carbocycles. The molecule has 2 fully saturated rings. The minimum atomic E-state index is -1.03. The van der Waals surface area contributed by atoms with Gasteiger partial charge in [-0.3, -0.25) is 14.6 Å². The third kappa shape index (κ3) is 6.16. The van der Waals surface area contributed by atoms with Crippen molar-refractivity contribution in [1.82, 2.24) is 24.8 Å². The van der Waals surface area contributed by atoms with Crippen molar-refractivity contribution in [3.63, 3.8) is 0 Å². The van der Waals surface area contributed by atoms with Crippen LogP contribution in [0.2, 0.25) is 0 Å². The predicted octanol–water partition coefficient (Wildman–Crippen LogP) is 2.27. The molecule has 2 aromatic heterocycles. The molecule has 0 bridgehead atoms. The van der Waals surface area contributed by atoms with Crippen molar-refractivity contribution < 1.29 is 18.7 Å². The normalized spacial score (nSPS) is 22.0. The molecule has 2 atom stereocenters. The Morgan fingerprint density at radius 1 is 1.07 bits per heavy atom. The molecule has 12 nitrogen and oxygen atoms in total. The van der Waals surface area contributed by atoms with Crippen LogP contribution in [0.4, 0.5) is 21.6 Å². The van der Waals surface area contributed by atoms with Crippen LogP contribution in [0.15, 0.2) is 24.8 Å². The van der Waals surface area contributed by atoms with Crippen LogP contribution in [0.3, 0.4) is 0 Å². The average molecular weight is 618 g/mol. The summed E-state index contributed by atoms with van der Waals surface area (Å²) in [6, 6.07) is 2.25. The summed E-state index contributed by atoms with van der Waals surface area (Å²) in [6.45, 7) is 7.03. The fourth-order valence-electron chi connectivity index (χ4n) is 7.06. The molecule has 238 valence electrons. The lowest BCUT2D eigenvalue weighted by atomic mass is 10.0. The highest BCUT2D eigenvalue weighted by Gasteiger charge is 2.35. The Morgan fingerprint density at radius 3 is 2.64 bits per heavy atom. The Bertz CT molecular complexity index is 1530. The zero-order valence-corrected chi connectivity index (χ0v) is 26.0. The van der Waals surface area contributed by atoms with E-state index in [-0.39, 0.29) is 18.9 Å². The van der Waals surface area contributed by atoms with Crippen molar-refractivity contribution >= 4 is 29.0 Å². The third-order valence-corrected chi connectivity index (χ3v) is 9.61. The van der Waals surface area contributed by atoms with E-state index in [9.17, 15) is 19.2 Å². The molecule has 2 aromatic rings. The molecule has 4 aliphatic heterocycles. The first kappa shape index (κ1) is 30.7. The Hall–Kier alpha value is -4.31. The van der Waals surface area contributed by atoms with Gasteiger partial charge in [-0.15, -0.1) is 0 Å². The number of ether oxygens (including phenoxy) is 1. The van der Waals surface area contributed by atoms with E-state index in [2.05, 4.69) is 39.4 Å². The second-order valence-corrected chi connectivity index (χ2v) is 12.3. The van der Waals surface area contributed by atoms with Gasteiger partial charge in [0.25, 0.3) is 5.91 Å². The van der Waals surface area contributed by atoms with Crippen molar-refractivity contribution in [1.29, 1.82) is 5.26 Å². The van der Waals surface area contributed by atoms with Gasteiger partial charge in [-0.05, 0) is 44.8 Å². The monoisotopic (exact) mass is 617 g/mol. The van der Waals surface area contributed by atoms with E-state index >= 15 is 0 Å². The van der Waals surface area contributed by atoms with E-state index < -0.39 is 17.8 Å². The van der Waals surface area contributed by atoms with Gasteiger partial charge in [-0.2, -0.15) is 15.2 Å². The lowest BCUT2D eigenvalue weighted by molar-refractivity contribution is -0.131. The SMILES string of the molecule is C=C(F)C(=O)N1CCN(c2nc(OC[C@@H]3CCCN3C)nc3c2CCN(c2cncc4c2N(C)C(=O)CC4)CC3)C[C@@H]1CC#N. The quantitative estimate of drug-likeness (QED) is 0.428. The van der Waals surface area contributed by atoms with Crippen molar-refractivity contribution in [3.05, 3.63) is 41.6 Å². The van der Waals surface area contributed by atoms with Crippen LogP contribution in [-0.2, 0) is 28.9 Å². The van der Waals surface area contributed by atoms with Gasteiger partial charge >= 0.3 is 6.01 Å². The maximum Gasteiger partial charge on any atom is 0.318 e. The molecule has 45 heavy (non-hydrogen) atoms. The number of nitriles is 1. The van der Waals surface area contributed by atoms with Crippen LogP contribution in [0, 0.1) is 11.3 Å². The van der Waals surface area contributed by atoms with Gasteiger partial charge in [-0.1, -0.05) is 6.58 Å². The minimum Gasteiger partial charge on any atom is -0.462 e. The van der Waals surface area contributed by atoms with E-state index in [1.807, 2.05) is 19.4 Å². The number of hydrogen-bond acceptors (Lipinski definition) is 10. The fraction of sp³-hybridized carbons (Fsp3) is 0.562. The summed E-state index contributed by atoms with van der Waals surface area (Å²) in [5.74, 6) is -0.983. The van der Waals surface area contributed by atoms with Gasteiger partial charge in [0.1, 0.15) is 12.4 Å². The highest BCUT2D eigenvalue weighted by Crippen LogP contribution is 2.37. The maximum atomic E-state index is 13.9. The molecular weight excluding hydrogens is 577 g/mol. The molecule has 13 heteroatoms. The number of piperazine rings is 1. The van der Waals surface area contributed by atoms with Crippen LogP contribution >= 0.6 is 0 Å². The summed E-state index contributed by atoms with van der Waals surface area (Å²) < 4.78 is 20.1. The van der Waals surface area contributed by atoms with E-state index in [0.29, 0.717) is 70.5 Å². The first-order valence-corrected chi connectivity index (χ1v) is 15.7. The van der Waals surface area contributed by atoms with Gasteiger partial charge in [0.15, 0.2) is 5.83 Å². The first-order valence-electron chi connectivity index (χ1n) is 15.7. The van der Waals surface area contributed by atoms with Gasteiger partial charge in [0, 0.05) is 70.4 Å². The molecule has 6 heterocycles. The molecular formula is C32H40FN9O3. The number of carbonyl (C=O) groups excluding carboxylic acids is 2. The summed E-state index contributed by atoms with van der Waals surface area (Å²) in [6.07, 6.45) is 8.36. The van der Waals surface area contributed by atoms with Gasteiger partial charge in [0.05, 0.1) is 41.8 Å². The fourth-order valence-corrected chi connectivity index (χ4v) is 7.06. The first-order chi connectivity index (χ1) is 21.7.